The summed E-state index contributed by atoms with van der Waals surface area (Å²) in [6.07, 6.45) is 1.47. The molecule has 2 aromatic rings. The van der Waals surface area contributed by atoms with E-state index in [9.17, 15) is 5.11 Å². The molecule has 0 amide bonds. The molecule has 0 heterocycles. The van der Waals surface area contributed by atoms with Crippen LogP contribution in [0.1, 0.15) is 5.56 Å². The third kappa shape index (κ3) is 2.70. The number of benzene rings is 2. The number of fused-ring (bicyclic) bond motifs is 1. The first-order chi connectivity index (χ1) is 8.16. The number of nitrogens with zero attached hydrogens (tertiary/aromatic N) is 1. The number of phenolic OH excluding ortho intramolecular Hbond substituents is 1. The van der Waals surface area contributed by atoms with Gasteiger partial charge in [-0.15, -0.1) is 0 Å². The molecule has 0 radical (unpaired) electrons. The number of aromatic hydroxyl groups is 1. The zero-order valence-electron chi connectivity index (χ0n) is 8.92. The number of phenols is 1. The van der Waals surface area contributed by atoms with Gasteiger partial charge in [0.15, 0.2) is 5.11 Å². The van der Waals surface area contributed by atoms with E-state index in [1.165, 1.54) is 6.21 Å². The van der Waals surface area contributed by atoms with Gasteiger partial charge in [-0.1, -0.05) is 24.3 Å². The third-order valence-corrected chi connectivity index (χ3v) is 2.36. The van der Waals surface area contributed by atoms with Crippen LogP contribution in [0, 0.1) is 0 Å². The minimum Gasteiger partial charge on any atom is -0.507 e. The lowest BCUT2D eigenvalue weighted by molar-refractivity contribution is 0.475. The first kappa shape index (κ1) is 11.3. The van der Waals surface area contributed by atoms with Gasteiger partial charge in [-0.2, -0.15) is 5.10 Å². The smallest absolute Gasteiger partial charge is 0.184 e. The molecule has 0 saturated heterocycles. The summed E-state index contributed by atoms with van der Waals surface area (Å²) >= 11 is 4.61. The lowest BCUT2D eigenvalue weighted by atomic mass is 10.1. The number of nitrogens with two attached hydrogens (primary N) is 1. The Kier molecular flexibility index (Phi) is 3.20. The predicted molar refractivity (Wildman–Crippen MR) is 73.1 cm³/mol. The summed E-state index contributed by atoms with van der Waals surface area (Å²) in [5, 5.41) is 15.7. The summed E-state index contributed by atoms with van der Waals surface area (Å²) in [6, 6.07) is 11.3. The second kappa shape index (κ2) is 4.80. The zero-order chi connectivity index (χ0) is 12.3. The predicted octanol–water partition coefficient (Wildman–Crippen LogP) is 1.71. The molecule has 0 bridgehead atoms. The molecule has 0 saturated carbocycles. The van der Waals surface area contributed by atoms with Gasteiger partial charge in [0, 0.05) is 5.56 Å². The molecule has 0 spiro atoms. The van der Waals surface area contributed by atoms with Gasteiger partial charge in [0.05, 0.1) is 6.21 Å². The van der Waals surface area contributed by atoms with Crippen LogP contribution in [0.5, 0.6) is 5.75 Å². The summed E-state index contributed by atoms with van der Waals surface area (Å²) in [7, 11) is 0. The molecule has 0 atom stereocenters. The Bertz CT molecular complexity index is 595. The molecule has 0 aliphatic rings. The van der Waals surface area contributed by atoms with Gasteiger partial charge >= 0.3 is 0 Å². The first-order valence-electron chi connectivity index (χ1n) is 4.97. The van der Waals surface area contributed by atoms with Gasteiger partial charge in [-0.25, -0.2) is 0 Å². The Morgan fingerprint density at radius 1 is 1.29 bits per heavy atom. The number of rotatable bonds is 2. The van der Waals surface area contributed by atoms with E-state index in [4.69, 9.17) is 5.73 Å². The maximum atomic E-state index is 9.79. The van der Waals surface area contributed by atoms with Crippen LogP contribution < -0.4 is 11.2 Å². The summed E-state index contributed by atoms with van der Waals surface area (Å²) in [5.41, 5.74) is 8.27. The molecule has 0 aliphatic carbocycles. The molecule has 4 N–H and O–H groups in total. The van der Waals surface area contributed by atoms with Crippen molar-refractivity contribution in [1.29, 1.82) is 0 Å². The van der Waals surface area contributed by atoms with Gasteiger partial charge in [-0.3, -0.25) is 5.43 Å². The van der Waals surface area contributed by atoms with E-state index >= 15 is 0 Å². The molecule has 86 valence electrons. The minimum atomic E-state index is 0.0847. The van der Waals surface area contributed by atoms with Crippen molar-refractivity contribution in [3.05, 3.63) is 42.0 Å². The van der Waals surface area contributed by atoms with Gasteiger partial charge < -0.3 is 10.8 Å². The molecule has 4 nitrogen and oxygen atoms in total. The Balaban J connectivity index is 2.37. The van der Waals surface area contributed by atoms with Crippen LogP contribution in [-0.4, -0.2) is 16.4 Å². The molecular formula is C12H11N3OS. The summed E-state index contributed by atoms with van der Waals surface area (Å²) in [6.45, 7) is 0. The summed E-state index contributed by atoms with van der Waals surface area (Å²) in [4.78, 5) is 0. The van der Waals surface area contributed by atoms with E-state index in [2.05, 4.69) is 22.7 Å². The fourth-order valence-corrected chi connectivity index (χ4v) is 1.57. The van der Waals surface area contributed by atoms with E-state index in [-0.39, 0.29) is 10.9 Å². The molecule has 17 heavy (non-hydrogen) atoms. The number of hydrogen-bond donors (Lipinski definition) is 3. The maximum absolute atomic E-state index is 9.79. The molecule has 0 fully saturated rings. The van der Waals surface area contributed by atoms with Crippen LogP contribution in [0.25, 0.3) is 10.8 Å². The van der Waals surface area contributed by atoms with Gasteiger partial charge in [0.25, 0.3) is 0 Å². The van der Waals surface area contributed by atoms with Crippen LogP contribution in [-0.2, 0) is 0 Å². The van der Waals surface area contributed by atoms with Crippen LogP contribution in [0.2, 0.25) is 0 Å². The quantitative estimate of drug-likeness (QED) is 0.428. The fraction of sp³-hybridized carbons (Fsp3) is 0. The normalized spacial score (nSPS) is 10.8. The minimum absolute atomic E-state index is 0.0847. The van der Waals surface area contributed by atoms with E-state index in [1.54, 1.807) is 6.07 Å². The molecule has 0 aliphatic heterocycles. The number of hydrogen-bond acceptors (Lipinski definition) is 3. The Morgan fingerprint density at radius 3 is 2.59 bits per heavy atom. The SMILES string of the molecule is NC(=S)NN=Cc1cc2ccccc2cc1O. The number of nitrogens with one attached hydrogen (secondary N) is 1. The lowest BCUT2D eigenvalue weighted by Crippen LogP contribution is -2.23. The summed E-state index contributed by atoms with van der Waals surface area (Å²) < 4.78 is 0. The average molecular weight is 245 g/mol. The van der Waals surface area contributed by atoms with Crippen LogP contribution in [0.3, 0.4) is 0 Å². The Labute approximate surface area is 104 Å². The van der Waals surface area contributed by atoms with Crippen molar-refractivity contribution in [1.82, 2.24) is 5.43 Å². The molecule has 2 aromatic carbocycles. The molecule has 5 heteroatoms. The average Bonchev–Trinajstić information content (AvgIpc) is 2.29. The number of thiocarbonyl (C=S) groups is 1. The highest BCUT2D eigenvalue weighted by atomic mass is 32.1. The van der Waals surface area contributed by atoms with Crippen molar-refractivity contribution >= 4 is 34.3 Å². The first-order valence-corrected chi connectivity index (χ1v) is 5.38. The largest absolute Gasteiger partial charge is 0.507 e. The van der Waals surface area contributed by atoms with E-state index in [0.29, 0.717) is 5.56 Å². The topological polar surface area (TPSA) is 70.6 Å². The van der Waals surface area contributed by atoms with Crippen molar-refractivity contribution in [2.75, 3.05) is 0 Å². The van der Waals surface area contributed by atoms with E-state index < -0.39 is 0 Å². The lowest BCUT2D eigenvalue weighted by Gasteiger charge is -2.02. The van der Waals surface area contributed by atoms with Crippen molar-refractivity contribution in [3.8, 4) is 5.75 Å². The van der Waals surface area contributed by atoms with Gasteiger partial charge in [0.1, 0.15) is 5.75 Å². The second-order valence-electron chi connectivity index (χ2n) is 3.49. The summed E-state index contributed by atoms with van der Waals surface area (Å²) in [5.74, 6) is 0.164. The van der Waals surface area contributed by atoms with Crippen LogP contribution >= 0.6 is 12.2 Å². The molecule has 2 rings (SSSR count). The van der Waals surface area contributed by atoms with E-state index in [0.717, 1.165) is 10.8 Å². The van der Waals surface area contributed by atoms with Crippen molar-refractivity contribution in [2.45, 2.75) is 0 Å². The monoisotopic (exact) mass is 245 g/mol. The fourth-order valence-electron chi connectivity index (χ4n) is 1.51. The Morgan fingerprint density at radius 2 is 1.94 bits per heavy atom. The standard InChI is InChI=1S/C12H11N3OS/c13-12(17)15-14-7-10-5-8-3-1-2-4-9(8)6-11(10)16/h1-7,16H,(H3,13,15,17). The molecular weight excluding hydrogens is 234 g/mol. The van der Waals surface area contributed by atoms with Gasteiger partial charge in [-0.05, 0) is 35.1 Å². The van der Waals surface area contributed by atoms with Crippen molar-refractivity contribution < 1.29 is 5.11 Å². The second-order valence-corrected chi connectivity index (χ2v) is 3.93. The van der Waals surface area contributed by atoms with Crippen molar-refractivity contribution in [2.24, 2.45) is 10.8 Å². The maximum Gasteiger partial charge on any atom is 0.184 e. The highest BCUT2D eigenvalue weighted by molar-refractivity contribution is 7.80. The van der Waals surface area contributed by atoms with Crippen molar-refractivity contribution in [3.63, 3.8) is 0 Å². The molecule has 0 aromatic heterocycles. The van der Waals surface area contributed by atoms with Crippen LogP contribution in [0.4, 0.5) is 0 Å². The highest BCUT2D eigenvalue weighted by Crippen LogP contribution is 2.23. The number of hydrazone groups is 1. The molecule has 0 unspecified atom stereocenters. The third-order valence-electron chi connectivity index (χ3n) is 2.27. The highest BCUT2D eigenvalue weighted by Gasteiger charge is 2.01. The van der Waals surface area contributed by atoms with Crippen LogP contribution in [0.15, 0.2) is 41.5 Å². The Hall–Kier alpha value is -2.14. The zero-order valence-corrected chi connectivity index (χ0v) is 9.74. The van der Waals surface area contributed by atoms with E-state index in [1.807, 2.05) is 30.3 Å². The van der Waals surface area contributed by atoms with Gasteiger partial charge in [0.2, 0.25) is 0 Å².